The number of amides is 1. The van der Waals surface area contributed by atoms with E-state index in [4.69, 9.17) is 22.4 Å². The maximum atomic E-state index is 11.6. The lowest BCUT2D eigenvalue weighted by Crippen LogP contribution is -2.48. The molecule has 0 bridgehead atoms. The molecule has 5 N–H and O–H groups in total. The van der Waals surface area contributed by atoms with Crippen molar-refractivity contribution in [1.29, 1.82) is 0 Å². The van der Waals surface area contributed by atoms with Crippen LogP contribution in [0.25, 0.3) is 0 Å². The van der Waals surface area contributed by atoms with Gasteiger partial charge in [-0.2, -0.15) is 0 Å². The number of aliphatic carboxylic acids is 2. The minimum Gasteiger partial charge on any atom is -0.481 e. The van der Waals surface area contributed by atoms with Crippen molar-refractivity contribution < 1.29 is 24.6 Å². The largest absolute Gasteiger partial charge is 0.481 e. The SMILES string of the molecule is C#CC[C@H](NC(=O)C(N)CCCCC(=O)O)C(=O)O. The van der Waals surface area contributed by atoms with Gasteiger partial charge in [-0.15, -0.1) is 12.3 Å². The van der Waals surface area contributed by atoms with Crippen molar-refractivity contribution in [2.75, 3.05) is 0 Å². The van der Waals surface area contributed by atoms with Gasteiger partial charge in [-0.1, -0.05) is 6.42 Å². The van der Waals surface area contributed by atoms with Crippen molar-refractivity contribution in [2.24, 2.45) is 5.73 Å². The molecule has 1 unspecified atom stereocenters. The molecule has 0 radical (unpaired) electrons. The third-order valence-corrected chi connectivity index (χ3v) is 2.43. The first-order valence-corrected chi connectivity index (χ1v) is 5.82. The van der Waals surface area contributed by atoms with Crippen LogP contribution >= 0.6 is 0 Å². The predicted octanol–water partition coefficient (Wildman–Crippen LogP) is -0.449. The van der Waals surface area contributed by atoms with Crippen molar-refractivity contribution in [1.82, 2.24) is 5.32 Å². The van der Waals surface area contributed by atoms with Gasteiger partial charge in [-0.25, -0.2) is 4.79 Å². The Labute approximate surface area is 111 Å². The van der Waals surface area contributed by atoms with Gasteiger partial charge >= 0.3 is 11.9 Å². The Morgan fingerprint density at radius 1 is 1.26 bits per heavy atom. The Hall–Kier alpha value is -2.07. The Balaban J connectivity index is 4.08. The molecule has 0 saturated heterocycles. The van der Waals surface area contributed by atoms with Crippen molar-refractivity contribution in [3.63, 3.8) is 0 Å². The van der Waals surface area contributed by atoms with Gasteiger partial charge in [-0.05, 0) is 12.8 Å². The van der Waals surface area contributed by atoms with E-state index >= 15 is 0 Å². The summed E-state index contributed by atoms with van der Waals surface area (Å²) in [4.78, 5) is 32.6. The zero-order chi connectivity index (χ0) is 14.8. The molecule has 1 amide bonds. The number of hydrogen-bond acceptors (Lipinski definition) is 4. The minimum absolute atomic E-state index is 0.0170. The van der Waals surface area contributed by atoms with E-state index < -0.39 is 29.9 Å². The number of carbonyl (C=O) groups is 3. The summed E-state index contributed by atoms with van der Waals surface area (Å²) in [5, 5.41) is 19.5. The zero-order valence-electron chi connectivity index (χ0n) is 10.5. The van der Waals surface area contributed by atoms with Crippen LogP contribution in [0.4, 0.5) is 0 Å². The molecule has 2 atom stereocenters. The lowest BCUT2D eigenvalue weighted by Gasteiger charge is -2.16. The van der Waals surface area contributed by atoms with Crippen LogP contribution in [-0.4, -0.2) is 40.1 Å². The van der Waals surface area contributed by atoms with Gasteiger partial charge in [0.25, 0.3) is 0 Å². The topological polar surface area (TPSA) is 130 Å². The van der Waals surface area contributed by atoms with Crippen molar-refractivity contribution in [2.45, 2.75) is 44.2 Å². The monoisotopic (exact) mass is 270 g/mol. The van der Waals surface area contributed by atoms with Gasteiger partial charge in [0.2, 0.25) is 5.91 Å². The van der Waals surface area contributed by atoms with Gasteiger partial charge in [-0.3, -0.25) is 9.59 Å². The molecule has 0 rings (SSSR count). The number of carboxylic acid groups (broad SMARTS) is 2. The van der Waals surface area contributed by atoms with Crippen LogP contribution in [0.15, 0.2) is 0 Å². The Morgan fingerprint density at radius 2 is 1.89 bits per heavy atom. The second-order valence-electron chi connectivity index (χ2n) is 4.05. The van der Waals surface area contributed by atoms with Crippen LogP contribution in [0, 0.1) is 12.3 Å². The third kappa shape index (κ3) is 7.78. The molecule has 0 saturated carbocycles. The van der Waals surface area contributed by atoms with Crippen LogP contribution in [0.2, 0.25) is 0 Å². The van der Waals surface area contributed by atoms with Crippen LogP contribution in [0.3, 0.4) is 0 Å². The average molecular weight is 270 g/mol. The number of nitrogens with one attached hydrogen (secondary N) is 1. The Kier molecular flexibility index (Phi) is 7.97. The molecule has 0 heterocycles. The van der Waals surface area contributed by atoms with Crippen molar-refractivity contribution >= 4 is 17.8 Å². The standard InChI is InChI=1S/C12H18N2O5/c1-2-5-9(12(18)19)14-11(17)8(13)6-3-4-7-10(15)16/h1,8-9H,3-7,13H2,(H,14,17)(H,15,16)(H,18,19)/t8?,9-/m0/s1. The molecule has 19 heavy (non-hydrogen) atoms. The first kappa shape index (κ1) is 16.9. The Bertz CT molecular complexity index is 375. The number of terminal acetylenes is 1. The molecule has 0 aromatic carbocycles. The number of rotatable bonds is 9. The Morgan fingerprint density at radius 3 is 2.37 bits per heavy atom. The van der Waals surface area contributed by atoms with E-state index in [1.165, 1.54) is 0 Å². The molecule has 7 heteroatoms. The van der Waals surface area contributed by atoms with E-state index in [1.807, 2.05) is 0 Å². The second-order valence-corrected chi connectivity index (χ2v) is 4.05. The van der Waals surface area contributed by atoms with E-state index in [0.717, 1.165) is 0 Å². The van der Waals surface area contributed by atoms with E-state index in [1.54, 1.807) is 0 Å². The predicted molar refractivity (Wildman–Crippen MR) is 67.1 cm³/mol. The summed E-state index contributed by atoms with van der Waals surface area (Å²) in [6.45, 7) is 0. The number of carbonyl (C=O) groups excluding carboxylic acids is 1. The molecule has 106 valence electrons. The molecule has 0 aromatic rings. The van der Waals surface area contributed by atoms with Gasteiger partial charge in [0, 0.05) is 12.8 Å². The molecule has 0 aliphatic heterocycles. The first-order chi connectivity index (χ1) is 8.88. The number of unbranched alkanes of at least 4 members (excludes halogenated alkanes) is 1. The van der Waals surface area contributed by atoms with Gasteiger partial charge in [0.05, 0.1) is 6.04 Å². The van der Waals surface area contributed by atoms with Crippen molar-refractivity contribution in [3.8, 4) is 12.3 Å². The molecule has 0 aromatic heterocycles. The quantitative estimate of drug-likeness (QED) is 0.332. The summed E-state index contributed by atoms with van der Waals surface area (Å²) in [5.41, 5.74) is 5.57. The van der Waals surface area contributed by atoms with E-state index in [9.17, 15) is 14.4 Å². The molecule has 0 aliphatic rings. The summed E-state index contributed by atoms with van der Waals surface area (Å²) >= 11 is 0. The number of carboxylic acids is 2. The highest BCUT2D eigenvalue weighted by molar-refractivity contribution is 5.86. The second kappa shape index (κ2) is 8.94. The van der Waals surface area contributed by atoms with Gasteiger partial charge in [0.15, 0.2) is 0 Å². The maximum absolute atomic E-state index is 11.6. The van der Waals surface area contributed by atoms with E-state index in [-0.39, 0.29) is 12.8 Å². The highest BCUT2D eigenvalue weighted by Gasteiger charge is 2.22. The van der Waals surface area contributed by atoms with Crippen LogP contribution in [-0.2, 0) is 14.4 Å². The van der Waals surface area contributed by atoms with Crippen LogP contribution in [0.5, 0.6) is 0 Å². The summed E-state index contributed by atoms with van der Waals surface area (Å²) in [6.07, 6.45) is 6.09. The van der Waals surface area contributed by atoms with E-state index in [2.05, 4.69) is 11.2 Å². The fourth-order valence-corrected chi connectivity index (χ4v) is 1.37. The normalized spacial score (nSPS) is 13.1. The fraction of sp³-hybridized carbons (Fsp3) is 0.583. The van der Waals surface area contributed by atoms with Gasteiger partial charge in [0.1, 0.15) is 6.04 Å². The summed E-state index contributed by atoms with van der Waals surface area (Å²) in [7, 11) is 0. The summed E-state index contributed by atoms with van der Waals surface area (Å²) in [5.74, 6) is -0.565. The fourth-order valence-electron chi connectivity index (χ4n) is 1.37. The molecular formula is C12H18N2O5. The average Bonchev–Trinajstić information content (AvgIpc) is 2.33. The highest BCUT2D eigenvalue weighted by Crippen LogP contribution is 2.03. The van der Waals surface area contributed by atoms with Crippen molar-refractivity contribution in [3.05, 3.63) is 0 Å². The van der Waals surface area contributed by atoms with Crippen LogP contribution in [0.1, 0.15) is 32.1 Å². The molecule has 0 spiro atoms. The van der Waals surface area contributed by atoms with E-state index in [0.29, 0.717) is 19.3 Å². The summed E-state index contributed by atoms with van der Waals surface area (Å²) < 4.78 is 0. The maximum Gasteiger partial charge on any atom is 0.327 e. The molecule has 0 aliphatic carbocycles. The smallest absolute Gasteiger partial charge is 0.327 e. The molecular weight excluding hydrogens is 252 g/mol. The lowest BCUT2D eigenvalue weighted by atomic mass is 10.1. The molecule has 0 fully saturated rings. The number of hydrogen-bond donors (Lipinski definition) is 4. The zero-order valence-corrected chi connectivity index (χ0v) is 10.5. The van der Waals surface area contributed by atoms with Crippen LogP contribution < -0.4 is 11.1 Å². The summed E-state index contributed by atoms with van der Waals surface area (Å²) in [6, 6.07) is -2.02. The molecule has 7 nitrogen and oxygen atoms in total. The minimum atomic E-state index is -1.22. The highest BCUT2D eigenvalue weighted by atomic mass is 16.4. The lowest BCUT2D eigenvalue weighted by molar-refractivity contribution is -0.142. The third-order valence-electron chi connectivity index (χ3n) is 2.43. The first-order valence-electron chi connectivity index (χ1n) is 5.82. The number of nitrogens with two attached hydrogens (primary N) is 1. The van der Waals surface area contributed by atoms with Gasteiger partial charge < -0.3 is 21.3 Å².